The monoisotopic (exact) mass is 289 g/mol. The molecular weight excluding hydrogens is 270 g/mol. The molecule has 0 bridgehead atoms. The number of carbonyl (C=O) groups is 2. The highest BCUT2D eigenvalue weighted by Gasteiger charge is 2.45. The number of ether oxygens (including phenoxy) is 2. The van der Waals surface area contributed by atoms with Crippen LogP contribution in [-0.2, 0) is 20.7 Å². The molecule has 2 aliphatic rings. The number of amides is 1. The summed E-state index contributed by atoms with van der Waals surface area (Å²) in [5.74, 6) is -0.561. The van der Waals surface area contributed by atoms with Crippen molar-refractivity contribution < 1.29 is 19.1 Å². The lowest BCUT2D eigenvalue weighted by Gasteiger charge is -2.39. The topological polar surface area (TPSA) is 55.8 Å². The van der Waals surface area contributed by atoms with Crippen molar-refractivity contribution in [3.63, 3.8) is 0 Å². The van der Waals surface area contributed by atoms with E-state index in [-0.39, 0.29) is 12.0 Å². The summed E-state index contributed by atoms with van der Waals surface area (Å²) in [6.45, 7) is 5.23. The quantitative estimate of drug-likeness (QED) is 0.733. The van der Waals surface area contributed by atoms with Crippen LogP contribution in [0, 0.1) is 0 Å². The SMILES string of the molecule is CC1CN(C(=O)C2(C)Cc3ccccc3C(=O)O2)CCO1. The maximum atomic E-state index is 12.8. The van der Waals surface area contributed by atoms with Gasteiger partial charge in [-0.15, -0.1) is 0 Å². The normalized spacial score (nSPS) is 28.8. The van der Waals surface area contributed by atoms with Crippen LogP contribution in [0.5, 0.6) is 0 Å². The van der Waals surface area contributed by atoms with Crippen molar-refractivity contribution in [2.24, 2.45) is 0 Å². The highest BCUT2D eigenvalue weighted by molar-refractivity contribution is 5.97. The molecule has 2 unspecified atom stereocenters. The Kier molecular flexibility index (Phi) is 3.45. The molecule has 0 radical (unpaired) electrons. The second-order valence-electron chi connectivity index (χ2n) is 5.89. The van der Waals surface area contributed by atoms with Crippen molar-refractivity contribution in [1.29, 1.82) is 0 Å². The second kappa shape index (κ2) is 5.15. The highest BCUT2D eigenvalue weighted by atomic mass is 16.6. The number of hydrogen-bond acceptors (Lipinski definition) is 4. The summed E-state index contributed by atoms with van der Waals surface area (Å²) in [6.07, 6.45) is 0.428. The molecule has 3 rings (SSSR count). The minimum absolute atomic E-state index is 0.0119. The van der Waals surface area contributed by atoms with Gasteiger partial charge in [0.15, 0.2) is 5.60 Å². The van der Waals surface area contributed by atoms with E-state index in [0.29, 0.717) is 31.7 Å². The van der Waals surface area contributed by atoms with Gasteiger partial charge in [-0.25, -0.2) is 4.79 Å². The van der Waals surface area contributed by atoms with Gasteiger partial charge in [0.1, 0.15) is 0 Å². The second-order valence-corrected chi connectivity index (χ2v) is 5.89. The van der Waals surface area contributed by atoms with Gasteiger partial charge < -0.3 is 14.4 Å². The molecule has 5 heteroatoms. The smallest absolute Gasteiger partial charge is 0.339 e. The molecule has 21 heavy (non-hydrogen) atoms. The molecule has 1 amide bonds. The average molecular weight is 289 g/mol. The fraction of sp³-hybridized carbons (Fsp3) is 0.500. The van der Waals surface area contributed by atoms with Gasteiger partial charge in [-0.3, -0.25) is 4.79 Å². The van der Waals surface area contributed by atoms with E-state index in [1.807, 2.05) is 19.1 Å². The largest absolute Gasteiger partial charge is 0.445 e. The molecule has 2 atom stereocenters. The maximum Gasteiger partial charge on any atom is 0.339 e. The van der Waals surface area contributed by atoms with Crippen LogP contribution in [-0.4, -0.2) is 48.2 Å². The zero-order valence-corrected chi connectivity index (χ0v) is 12.3. The number of fused-ring (bicyclic) bond motifs is 1. The van der Waals surface area contributed by atoms with Gasteiger partial charge in [-0.05, 0) is 25.5 Å². The fourth-order valence-corrected chi connectivity index (χ4v) is 2.99. The lowest BCUT2D eigenvalue weighted by Crippen LogP contribution is -2.56. The van der Waals surface area contributed by atoms with E-state index in [4.69, 9.17) is 9.47 Å². The Morgan fingerprint density at radius 2 is 2.14 bits per heavy atom. The molecule has 0 saturated carbocycles. The number of esters is 1. The standard InChI is InChI=1S/C16H19NO4/c1-11-10-17(7-8-20-11)15(19)16(2)9-12-5-3-4-6-13(12)14(18)21-16/h3-6,11H,7-10H2,1-2H3. The number of carbonyl (C=O) groups excluding carboxylic acids is 2. The molecule has 1 aromatic carbocycles. The predicted octanol–water partition coefficient (Wildman–Crippen LogP) is 1.41. The van der Waals surface area contributed by atoms with Crippen molar-refractivity contribution in [2.75, 3.05) is 19.7 Å². The molecular formula is C16H19NO4. The van der Waals surface area contributed by atoms with E-state index in [2.05, 4.69) is 0 Å². The van der Waals surface area contributed by atoms with Gasteiger partial charge in [-0.1, -0.05) is 18.2 Å². The Bertz CT molecular complexity index is 585. The van der Waals surface area contributed by atoms with Crippen LogP contribution in [0.2, 0.25) is 0 Å². The number of nitrogens with zero attached hydrogens (tertiary/aromatic N) is 1. The summed E-state index contributed by atoms with van der Waals surface area (Å²) in [5.41, 5.74) is 0.298. The summed E-state index contributed by atoms with van der Waals surface area (Å²) in [4.78, 5) is 26.6. The van der Waals surface area contributed by atoms with E-state index in [9.17, 15) is 9.59 Å². The van der Waals surface area contributed by atoms with Gasteiger partial charge in [-0.2, -0.15) is 0 Å². The van der Waals surface area contributed by atoms with Crippen molar-refractivity contribution >= 4 is 11.9 Å². The molecule has 0 spiro atoms. The predicted molar refractivity (Wildman–Crippen MR) is 76.0 cm³/mol. The minimum atomic E-state index is -1.12. The summed E-state index contributed by atoms with van der Waals surface area (Å²) < 4.78 is 10.9. The van der Waals surface area contributed by atoms with Crippen LogP contribution >= 0.6 is 0 Å². The zero-order chi connectivity index (χ0) is 15.0. The van der Waals surface area contributed by atoms with E-state index < -0.39 is 11.6 Å². The molecule has 2 aliphatic heterocycles. The Morgan fingerprint density at radius 1 is 1.38 bits per heavy atom. The van der Waals surface area contributed by atoms with Gasteiger partial charge in [0.25, 0.3) is 5.91 Å². The van der Waals surface area contributed by atoms with Crippen LogP contribution < -0.4 is 0 Å². The lowest BCUT2D eigenvalue weighted by molar-refractivity contribution is -0.157. The fourth-order valence-electron chi connectivity index (χ4n) is 2.99. The van der Waals surface area contributed by atoms with Crippen molar-refractivity contribution in [3.8, 4) is 0 Å². The first kappa shape index (κ1) is 14.1. The molecule has 2 heterocycles. The molecule has 0 N–H and O–H groups in total. The molecule has 5 nitrogen and oxygen atoms in total. The summed E-state index contributed by atoms with van der Waals surface area (Å²) in [7, 11) is 0. The van der Waals surface area contributed by atoms with Crippen LogP contribution in [0.1, 0.15) is 29.8 Å². The van der Waals surface area contributed by atoms with Crippen LogP contribution in [0.15, 0.2) is 24.3 Å². The first-order valence-corrected chi connectivity index (χ1v) is 7.22. The van der Waals surface area contributed by atoms with E-state index in [0.717, 1.165) is 5.56 Å². The van der Waals surface area contributed by atoms with Crippen LogP contribution in [0.4, 0.5) is 0 Å². The lowest BCUT2D eigenvalue weighted by atomic mass is 9.88. The summed E-state index contributed by atoms with van der Waals surface area (Å²) >= 11 is 0. The molecule has 1 saturated heterocycles. The summed E-state index contributed by atoms with van der Waals surface area (Å²) in [5, 5.41) is 0. The van der Waals surface area contributed by atoms with Crippen molar-refractivity contribution in [3.05, 3.63) is 35.4 Å². The third-order valence-corrected chi connectivity index (χ3v) is 4.06. The number of morpholine rings is 1. The number of cyclic esters (lactones) is 1. The average Bonchev–Trinajstić information content (AvgIpc) is 2.46. The molecule has 112 valence electrons. The van der Waals surface area contributed by atoms with Crippen molar-refractivity contribution in [2.45, 2.75) is 32.0 Å². The third kappa shape index (κ3) is 2.53. The third-order valence-electron chi connectivity index (χ3n) is 4.06. The Morgan fingerprint density at radius 3 is 2.90 bits per heavy atom. The number of hydrogen-bond donors (Lipinski definition) is 0. The first-order valence-electron chi connectivity index (χ1n) is 7.22. The van der Waals surface area contributed by atoms with E-state index in [1.54, 1.807) is 24.0 Å². The Labute approximate surface area is 123 Å². The number of benzene rings is 1. The van der Waals surface area contributed by atoms with Gasteiger partial charge in [0, 0.05) is 19.5 Å². The van der Waals surface area contributed by atoms with E-state index >= 15 is 0 Å². The molecule has 1 aromatic rings. The highest BCUT2D eigenvalue weighted by Crippen LogP contribution is 2.30. The maximum absolute atomic E-state index is 12.8. The Balaban J connectivity index is 1.85. The molecule has 1 fully saturated rings. The molecule has 0 aliphatic carbocycles. The summed E-state index contributed by atoms with van der Waals surface area (Å²) in [6, 6.07) is 7.29. The van der Waals surface area contributed by atoms with Crippen LogP contribution in [0.3, 0.4) is 0 Å². The molecule has 0 aromatic heterocycles. The Hall–Kier alpha value is -1.88. The van der Waals surface area contributed by atoms with Crippen LogP contribution in [0.25, 0.3) is 0 Å². The first-order chi connectivity index (χ1) is 9.99. The minimum Gasteiger partial charge on any atom is -0.445 e. The van der Waals surface area contributed by atoms with Crippen molar-refractivity contribution in [1.82, 2.24) is 4.90 Å². The van der Waals surface area contributed by atoms with Gasteiger partial charge in [0.05, 0.1) is 18.3 Å². The zero-order valence-electron chi connectivity index (χ0n) is 12.3. The van der Waals surface area contributed by atoms with Gasteiger partial charge in [0.2, 0.25) is 0 Å². The van der Waals surface area contributed by atoms with Gasteiger partial charge >= 0.3 is 5.97 Å². The number of rotatable bonds is 1. The van der Waals surface area contributed by atoms with E-state index in [1.165, 1.54) is 0 Å².